The summed E-state index contributed by atoms with van der Waals surface area (Å²) in [5.74, 6) is -0.297. The number of hydrogen-bond acceptors (Lipinski definition) is 4. The van der Waals surface area contributed by atoms with Crippen molar-refractivity contribution in [2.24, 2.45) is 5.41 Å². The molecule has 0 aromatic carbocycles. The molecule has 1 amide bonds. The lowest BCUT2D eigenvalue weighted by Gasteiger charge is -2.29. The molecule has 1 atom stereocenters. The van der Waals surface area contributed by atoms with Gasteiger partial charge in [0.05, 0.1) is 12.2 Å². The highest BCUT2D eigenvalue weighted by molar-refractivity contribution is 5.85. The third kappa shape index (κ3) is 2.91. The van der Waals surface area contributed by atoms with Gasteiger partial charge in [0.25, 0.3) is 0 Å². The van der Waals surface area contributed by atoms with Crippen molar-refractivity contribution in [2.45, 2.75) is 25.9 Å². The number of nitrogens with zero attached hydrogens (tertiary/aromatic N) is 1. The van der Waals surface area contributed by atoms with Gasteiger partial charge in [-0.25, -0.2) is 0 Å². The normalized spacial score (nSPS) is 21.4. The number of carbonyl (C=O) groups is 1. The van der Waals surface area contributed by atoms with Gasteiger partial charge >= 0.3 is 0 Å². The number of aliphatic hydroxyl groups excluding tert-OH is 1. The van der Waals surface area contributed by atoms with Crippen LogP contribution in [-0.4, -0.2) is 36.9 Å². The van der Waals surface area contributed by atoms with Crippen LogP contribution < -0.4 is 5.32 Å². The molecule has 0 aromatic heterocycles. The average molecular weight is 212 g/mol. The van der Waals surface area contributed by atoms with Gasteiger partial charge in [0.1, 0.15) is 5.41 Å². The van der Waals surface area contributed by atoms with Gasteiger partial charge in [0.15, 0.2) is 0 Å². The Bertz CT molecular complexity index is 264. The van der Waals surface area contributed by atoms with E-state index >= 15 is 0 Å². The van der Waals surface area contributed by atoms with Gasteiger partial charge in [-0.2, -0.15) is 5.26 Å². The molecular weight excluding hydrogens is 196 g/mol. The van der Waals surface area contributed by atoms with Crippen molar-refractivity contribution >= 4 is 5.91 Å². The minimum Gasteiger partial charge on any atom is -0.392 e. The van der Waals surface area contributed by atoms with Crippen molar-refractivity contribution in [3.05, 3.63) is 0 Å². The van der Waals surface area contributed by atoms with Crippen LogP contribution in [0.15, 0.2) is 0 Å². The molecule has 5 nitrogen and oxygen atoms in total. The van der Waals surface area contributed by atoms with Gasteiger partial charge in [-0.15, -0.1) is 0 Å². The van der Waals surface area contributed by atoms with Gasteiger partial charge < -0.3 is 15.2 Å². The first kappa shape index (κ1) is 12.0. The Balaban J connectivity index is 2.57. The summed E-state index contributed by atoms with van der Waals surface area (Å²) in [6.07, 6.45) is 0.258. The molecule has 1 fully saturated rings. The molecule has 0 aromatic rings. The number of ether oxygens (including phenoxy) is 1. The summed E-state index contributed by atoms with van der Waals surface area (Å²) in [7, 11) is 0. The van der Waals surface area contributed by atoms with Crippen LogP contribution in [0.25, 0.3) is 0 Å². The molecule has 2 N–H and O–H groups in total. The van der Waals surface area contributed by atoms with E-state index in [4.69, 9.17) is 15.1 Å². The third-order valence-corrected chi connectivity index (χ3v) is 2.55. The highest BCUT2D eigenvalue weighted by Crippen LogP contribution is 2.29. The number of amides is 1. The fourth-order valence-corrected chi connectivity index (χ4v) is 1.52. The number of hydrogen-bond donors (Lipinski definition) is 2. The zero-order chi connectivity index (χ0) is 11.3. The Labute approximate surface area is 89.0 Å². The first-order valence-corrected chi connectivity index (χ1v) is 5.06. The van der Waals surface area contributed by atoms with E-state index in [-0.39, 0.29) is 12.5 Å². The predicted octanol–water partition coefficient (Wildman–Crippen LogP) is -0.196. The van der Waals surface area contributed by atoms with Crippen LogP contribution in [0.3, 0.4) is 0 Å². The third-order valence-electron chi connectivity index (χ3n) is 2.55. The summed E-state index contributed by atoms with van der Waals surface area (Å²) in [4.78, 5) is 11.8. The lowest BCUT2D eigenvalue weighted by Crippen LogP contribution is -2.45. The molecule has 0 saturated carbocycles. The molecule has 1 aliphatic heterocycles. The van der Waals surface area contributed by atoms with Crippen molar-refractivity contribution in [2.75, 3.05) is 19.8 Å². The number of nitrogens with one attached hydrogen (secondary N) is 1. The van der Waals surface area contributed by atoms with Gasteiger partial charge in [-0.3, -0.25) is 4.79 Å². The van der Waals surface area contributed by atoms with Crippen molar-refractivity contribution in [1.82, 2.24) is 5.32 Å². The molecule has 1 aliphatic rings. The van der Waals surface area contributed by atoms with Crippen LogP contribution in [0.5, 0.6) is 0 Å². The highest BCUT2D eigenvalue weighted by Gasteiger charge is 2.40. The second-order valence-corrected chi connectivity index (χ2v) is 3.87. The second-order valence-electron chi connectivity index (χ2n) is 3.87. The van der Waals surface area contributed by atoms with Crippen molar-refractivity contribution in [1.29, 1.82) is 5.26 Å². The van der Waals surface area contributed by atoms with Crippen LogP contribution in [-0.2, 0) is 9.53 Å². The Hall–Kier alpha value is -1.12. The summed E-state index contributed by atoms with van der Waals surface area (Å²) >= 11 is 0. The molecule has 1 saturated heterocycles. The SMILES string of the molecule is CC(O)CNC(=O)C1(C#N)CCOCC1. The highest BCUT2D eigenvalue weighted by atomic mass is 16.5. The molecule has 0 bridgehead atoms. The first-order chi connectivity index (χ1) is 7.10. The molecule has 0 aliphatic carbocycles. The number of carbonyl (C=O) groups excluding carboxylic acids is 1. The minimum absolute atomic E-state index is 0.184. The molecule has 5 heteroatoms. The van der Waals surface area contributed by atoms with E-state index in [1.807, 2.05) is 0 Å². The quantitative estimate of drug-likeness (QED) is 0.679. The maximum absolute atomic E-state index is 11.8. The van der Waals surface area contributed by atoms with Crippen molar-refractivity contribution < 1.29 is 14.6 Å². The molecule has 15 heavy (non-hydrogen) atoms. The van der Waals surface area contributed by atoms with Crippen LogP contribution in [0.4, 0.5) is 0 Å². The average Bonchev–Trinajstić information content (AvgIpc) is 2.26. The molecule has 1 unspecified atom stereocenters. The maximum Gasteiger partial charge on any atom is 0.240 e. The monoisotopic (exact) mass is 212 g/mol. The Morgan fingerprint density at radius 2 is 2.27 bits per heavy atom. The fraction of sp³-hybridized carbons (Fsp3) is 0.800. The zero-order valence-corrected chi connectivity index (χ0v) is 8.82. The van der Waals surface area contributed by atoms with E-state index in [0.717, 1.165) is 0 Å². The Morgan fingerprint density at radius 1 is 1.67 bits per heavy atom. The maximum atomic E-state index is 11.8. The number of aliphatic hydroxyl groups is 1. The van der Waals surface area contributed by atoms with E-state index in [1.165, 1.54) is 0 Å². The van der Waals surface area contributed by atoms with Crippen molar-refractivity contribution in [3.63, 3.8) is 0 Å². The Kier molecular flexibility index (Phi) is 4.06. The zero-order valence-electron chi connectivity index (χ0n) is 8.82. The largest absolute Gasteiger partial charge is 0.392 e. The molecular formula is C10H16N2O3. The van der Waals surface area contributed by atoms with Crippen LogP contribution in [0, 0.1) is 16.7 Å². The van der Waals surface area contributed by atoms with E-state index in [2.05, 4.69) is 11.4 Å². The summed E-state index contributed by atoms with van der Waals surface area (Å²) in [5, 5.41) is 20.7. The van der Waals surface area contributed by atoms with E-state index < -0.39 is 11.5 Å². The van der Waals surface area contributed by atoms with Crippen molar-refractivity contribution in [3.8, 4) is 6.07 Å². The van der Waals surface area contributed by atoms with Crippen LogP contribution in [0.2, 0.25) is 0 Å². The van der Waals surface area contributed by atoms with E-state index in [9.17, 15) is 4.79 Å². The number of nitriles is 1. The van der Waals surface area contributed by atoms with E-state index in [1.54, 1.807) is 6.92 Å². The standard InChI is InChI=1S/C10H16N2O3/c1-8(13)6-12-9(14)10(7-11)2-4-15-5-3-10/h8,13H,2-6H2,1H3,(H,12,14). The lowest BCUT2D eigenvalue weighted by molar-refractivity contribution is -0.132. The smallest absolute Gasteiger partial charge is 0.240 e. The molecule has 0 radical (unpaired) electrons. The summed E-state index contributed by atoms with van der Waals surface area (Å²) in [6, 6.07) is 2.07. The minimum atomic E-state index is -0.965. The van der Waals surface area contributed by atoms with Gasteiger partial charge in [-0.05, 0) is 19.8 Å². The first-order valence-electron chi connectivity index (χ1n) is 5.06. The van der Waals surface area contributed by atoms with Gasteiger partial charge in [0.2, 0.25) is 5.91 Å². The molecule has 1 heterocycles. The topological polar surface area (TPSA) is 82.4 Å². The fourth-order valence-electron chi connectivity index (χ4n) is 1.52. The summed E-state index contributed by atoms with van der Waals surface area (Å²) < 4.78 is 5.12. The van der Waals surface area contributed by atoms with Gasteiger partial charge in [0, 0.05) is 19.8 Å². The molecule has 0 spiro atoms. The van der Waals surface area contributed by atoms with Crippen LogP contribution in [0.1, 0.15) is 19.8 Å². The van der Waals surface area contributed by atoms with Crippen LogP contribution >= 0.6 is 0 Å². The Morgan fingerprint density at radius 3 is 2.73 bits per heavy atom. The van der Waals surface area contributed by atoms with Gasteiger partial charge in [-0.1, -0.05) is 0 Å². The lowest BCUT2D eigenvalue weighted by atomic mass is 9.81. The number of rotatable bonds is 3. The summed E-state index contributed by atoms with van der Waals surface area (Å²) in [5.41, 5.74) is -0.965. The summed E-state index contributed by atoms with van der Waals surface area (Å²) in [6.45, 7) is 2.65. The predicted molar refractivity (Wildman–Crippen MR) is 52.8 cm³/mol. The second kappa shape index (κ2) is 5.10. The molecule has 1 rings (SSSR count). The van der Waals surface area contributed by atoms with E-state index in [0.29, 0.717) is 26.1 Å². The molecule has 84 valence electrons.